The molecule has 0 saturated heterocycles. The van der Waals surface area contributed by atoms with Crippen molar-refractivity contribution in [1.82, 2.24) is 9.78 Å². The van der Waals surface area contributed by atoms with Gasteiger partial charge in [-0.2, -0.15) is 5.10 Å². The molecule has 0 atom stereocenters. The average Bonchev–Trinajstić information content (AvgIpc) is 2.77. The first kappa shape index (κ1) is 17.4. The van der Waals surface area contributed by atoms with Crippen molar-refractivity contribution in [3.63, 3.8) is 0 Å². The van der Waals surface area contributed by atoms with Crippen molar-refractivity contribution in [1.29, 1.82) is 0 Å². The molecule has 1 aromatic heterocycles. The van der Waals surface area contributed by atoms with Crippen molar-refractivity contribution in [3.05, 3.63) is 15.8 Å². The van der Waals surface area contributed by atoms with Gasteiger partial charge in [-0.25, -0.2) is 4.68 Å². The summed E-state index contributed by atoms with van der Waals surface area (Å²) in [6.07, 6.45) is 1.77. The Hall–Kier alpha value is -1.67. The number of aromatic nitrogens is 2. The van der Waals surface area contributed by atoms with Crippen LogP contribution in [0.15, 0.2) is 0 Å². The number of methoxy groups -OCH3 is 1. The van der Waals surface area contributed by atoms with Gasteiger partial charge < -0.3 is 14.8 Å². The molecular formula is C13H24N4O4. The standard InChI is InChI=1S/C13H24N4O4/c1-4-16-13(12(17(18)19)11(2)15-16)14-7-5-6-8-21-10-9-20-3/h14H,4-10H2,1-3H3. The summed E-state index contributed by atoms with van der Waals surface area (Å²) in [6, 6.07) is 0. The molecule has 0 radical (unpaired) electrons. The van der Waals surface area contributed by atoms with Crippen molar-refractivity contribution >= 4 is 11.5 Å². The number of ether oxygens (including phenoxy) is 2. The second-order valence-electron chi connectivity index (χ2n) is 4.59. The van der Waals surface area contributed by atoms with Gasteiger partial charge in [0.05, 0.1) is 18.1 Å². The van der Waals surface area contributed by atoms with Gasteiger partial charge in [-0.05, 0) is 26.7 Å². The minimum Gasteiger partial charge on any atom is -0.382 e. The molecule has 0 amide bonds. The molecule has 1 N–H and O–H groups in total. The Morgan fingerprint density at radius 2 is 2.10 bits per heavy atom. The summed E-state index contributed by atoms with van der Waals surface area (Å²) in [7, 11) is 1.64. The van der Waals surface area contributed by atoms with Crippen LogP contribution in [0, 0.1) is 17.0 Å². The summed E-state index contributed by atoms with van der Waals surface area (Å²) >= 11 is 0. The Morgan fingerprint density at radius 3 is 2.71 bits per heavy atom. The molecule has 0 unspecified atom stereocenters. The highest BCUT2D eigenvalue weighted by atomic mass is 16.6. The third-order valence-electron chi connectivity index (χ3n) is 3.02. The van der Waals surface area contributed by atoms with Crippen LogP contribution in [0.5, 0.6) is 0 Å². The van der Waals surface area contributed by atoms with E-state index in [2.05, 4.69) is 10.4 Å². The minimum absolute atomic E-state index is 0.0631. The highest BCUT2D eigenvalue weighted by Crippen LogP contribution is 2.27. The number of nitro groups is 1. The summed E-state index contributed by atoms with van der Waals surface area (Å²) in [5, 5.41) is 18.4. The lowest BCUT2D eigenvalue weighted by atomic mass is 10.3. The number of hydrogen-bond acceptors (Lipinski definition) is 6. The zero-order valence-electron chi connectivity index (χ0n) is 12.9. The maximum absolute atomic E-state index is 11.1. The number of nitrogens with one attached hydrogen (secondary N) is 1. The van der Waals surface area contributed by atoms with E-state index in [1.807, 2.05) is 6.92 Å². The Kier molecular flexibility index (Phi) is 7.70. The van der Waals surface area contributed by atoms with Gasteiger partial charge in [-0.15, -0.1) is 0 Å². The Bertz CT molecular complexity index is 448. The molecule has 8 nitrogen and oxygen atoms in total. The first-order valence-electron chi connectivity index (χ1n) is 7.14. The third-order valence-corrected chi connectivity index (χ3v) is 3.02. The molecule has 21 heavy (non-hydrogen) atoms. The van der Waals surface area contributed by atoms with Gasteiger partial charge in [0, 0.05) is 26.8 Å². The zero-order chi connectivity index (χ0) is 15.7. The topological polar surface area (TPSA) is 91.5 Å². The van der Waals surface area contributed by atoms with E-state index in [0.717, 1.165) is 12.8 Å². The summed E-state index contributed by atoms with van der Waals surface area (Å²) in [5.74, 6) is 0.486. The fourth-order valence-electron chi connectivity index (χ4n) is 1.97. The van der Waals surface area contributed by atoms with Crippen LogP contribution in [0.4, 0.5) is 11.5 Å². The molecule has 0 aromatic carbocycles. The fraction of sp³-hybridized carbons (Fsp3) is 0.769. The molecule has 120 valence electrons. The van der Waals surface area contributed by atoms with Crippen LogP contribution in [0.2, 0.25) is 0 Å². The largest absolute Gasteiger partial charge is 0.382 e. The molecule has 8 heteroatoms. The second kappa shape index (κ2) is 9.30. The summed E-state index contributed by atoms with van der Waals surface area (Å²) in [6.45, 7) is 6.66. The number of unbranched alkanes of at least 4 members (excludes halogenated alkanes) is 1. The van der Waals surface area contributed by atoms with Crippen LogP contribution in [0.3, 0.4) is 0 Å². The molecular weight excluding hydrogens is 276 g/mol. The minimum atomic E-state index is -0.384. The number of anilines is 1. The van der Waals surface area contributed by atoms with Gasteiger partial charge in [0.25, 0.3) is 0 Å². The number of hydrogen-bond donors (Lipinski definition) is 1. The van der Waals surface area contributed by atoms with E-state index in [9.17, 15) is 10.1 Å². The van der Waals surface area contributed by atoms with Gasteiger partial charge in [0.1, 0.15) is 5.69 Å². The van der Waals surface area contributed by atoms with Crippen molar-refractivity contribution in [2.24, 2.45) is 0 Å². The van der Waals surface area contributed by atoms with E-state index in [0.29, 0.717) is 44.4 Å². The van der Waals surface area contributed by atoms with Gasteiger partial charge in [0.2, 0.25) is 5.82 Å². The van der Waals surface area contributed by atoms with Gasteiger partial charge >= 0.3 is 5.69 Å². The molecule has 0 aliphatic heterocycles. The molecule has 0 bridgehead atoms. The summed E-state index contributed by atoms with van der Waals surface area (Å²) in [4.78, 5) is 10.7. The van der Waals surface area contributed by atoms with Crippen LogP contribution in [0.25, 0.3) is 0 Å². The van der Waals surface area contributed by atoms with Crippen molar-refractivity contribution in [2.45, 2.75) is 33.2 Å². The van der Waals surface area contributed by atoms with E-state index in [1.165, 1.54) is 0 Å². The first-order valence-corrected chi connectivity index (χ1v) is 7.14. The van der Waals surface area contributed by atoms with Crippen molar-refractivity contribution < 1.29 is 14.4 Å². The van der Waals surface area contributed by atoms with Crippen LogP contribution in [-0.2, 0) is 16.0 Å². The molecule has 1 aromatic rings. The number of nitrogens with zero attached hydrogens (tertiary/aromatic N) is 3. The lowest BCUT2D eigenvalue weighted by Crippen LogP contribution is -2.10. The molecule has 0 fully saturated rings. The van der Waals surface area contributed by atoms with E-state index >= 15 is 0 Å². The molecule has 1 rings (SSSR count). The summed E-state index contributed by atoms with van der Waals surface area (Å²) in [5.41, 5.74) is 0.500. The number of rotatable bonds is 11. The Morgan fingerprint density at radius 1 is 1.33 bits per heavy atom. The molecule has 0 saturated carbocycles. The SMILES string of the molecule is CCn1nc(C)c([N+](=O)[O-])c1NCCCCOCCOC. The van der Waals surface area contributed by atoms with Crippen LogP contribution in [0.1, 0.15) is 25.5 Å². The Labute approximate surface area is 124 Å². The maximum atomic E-state index is 11.1. The van der Waals surface area contributed by atoms with Crippen LogP contribution in [-0.4, -0.2) is 48.2 Å². The monoisotopic (exact) mass is 300 g/mol. The molecule has 0 aliphatic carbocycles. The normalized spacial score (nSPS) is 10.8. The van der Waals surface area contributed by atoms with Gasteiger partial charge in [-0.3, -0.25) is 10.1 Å². The van der Waals surface area contributed by atoms with E-state index in [-0.39, 0.29) is 10.6 Å². The lowest BCUT2D eigenvalue weighted by molar-refractivity contribution is -0.384. The smallest absolute Gasteiger partial charge is 0.333 e. The lowest BCUT2D eigenvalue weighted by Gasteiger charge is -2.08. The van der Waals surface area contributed by atoms with Crippen molar-refractivity contribution in [3.8, 4) is 0 Å². The number of aryl methyl sites for hydroxylation is 2. The quantitative estimate of drug-likeness (QED) is 0.381. The predicted molar refractivity (Wildman–Crippen MR) is 79.7 cm³/mol. The first-order chi connectivity index (χ1) is 10.1. The van der Waals surface area contributed by atoms with Gasteiger partial charge in [-0.1, -0.05) is 0 Å². The molecule has 0 aliphatic rings. The zero-order valence-corrected chi connectivity index (χ0v) is 12.9. The van der Waals surface area contributed by atoms with E-state index in [4.69, 9.17) is 9.47 Å². The van der Waals surface area contributed by atoms with E-state index < -0.39 is 0 Å². The fourth-order valence-corrected chi connectivity index (χ4v) is 1.97. The maximum Gasteiger partial charge on any atom is 0.333 e. The highest BCUT2D eigenvalue weighted by Gasteiger charge is 2.24. The van der Waals surface area contributed by atoms with E-state index in [1.54, 1.807) is 18.7 Å². The summed E-state index contributed by atoms with van der Waals surface area (Å²) < 4.78 is 11.9. The van der Waals surface area contributed by atoms with Crippen molar-refractivity contribution in [2.75, 3.05) is 38.8 Å². The molecule has 0 spiro atoms. The van der Waals surface area contributed by atoms with Gasteiger partial charge in [0.15, 0.2) is 0 Å². The second-order valence-corrected chi connectivity index (χ2v) is 4.59. The predicted octanol–water partition coefficient (Wildman–Crippen LogP) is 1.97. The third kappa shape index (κ3) is 5.31. The molecule has 1 heterocycles. The average molecular weight is 300 g/mol. The Balaban J connectivity index is 2.39. The highest BCUT2D eigenvalue weighted by molar-refractivity contribution is 5.59. The van der Waals surface area contributed by atoms with Crippen LogP contribution >= 0.6 is 0 Å². The van der Waals surface area contributed by atoms with Crippen LogP contribution < -0.4 is 5.32 Å².